The Morgan fingerprint density at radius 2 is 0.784 bits per heavy atom. The van der Waals surface area contributed by atoms with Crippen LogP contribution in [0.5, 0.6) is 0 Å². The summed E-state index contributed by atoms with van der Waals surface area (Å²) in [5, 5.41) is 0. The highest BCUT2D eigenvalue weighted by molar-refractivity contribution is 7.37. The van der Waals surface area contributed by atoms with Gasteiger partial charge >= 0.3 is 5.70 Å². The molecule has 178 valence electrons. The number of pyridine rings is 1. The van der Waals surface area contributed by atoms with Gasteiger partial charge in [0.25, 0.3) is 0 Å². The van der Waals surface area contributed by atoms with Crippen LogP contribution in [0.2, 0.25) is 0 Å². The highest BCUT2D eigenvalue weighted by Gasteiger charge is 2.50. The number of rotatable bonds is 5. The normalized spacial score (nSPS) is 14.8. The third-order valence-electron chi connectivity index (χ3n) is 7.28. The molecule has 0 saturated heterocycles. The summed E-state index contributed by atoms with van der Waals surface area (Å²) in [5.74, 6) is 0. The van der Waals surface area contributed by atoms with E-state index in [4.69, 9.17) is 11.5 Å². The fraction of sp³-hybridized carbons (Fsp3) is 0.0294. The molecule has 0 N–H and O–H groups in total. The van der Waals surface area contributed by atoms with Crippen molar-refractivity contribution in [2.45, 2.75) is 6.92 Å². The average Bonchev–Trinajstić information content (AvgIpc) is 3.25. The van der Waals surface area contributed by atoms with Crippen molar-refractivity contribution in [3.8, 4) is 0 Å². The van der Waals surface area contributed by atoms with Crippen LogP contribution in [0.1, 0.15) is 27.8 Å². The first-order chi connectivity index (χ1) is 18.2. The molecule has 1 nitrogen and oxygen atoms in total. The van der Waals surface area contributed by atoms with Gasteiger partial charge in [0.15, 0.2) is 0 Å². The molecule has 0 unspecified atom stereocenters. The van der Waals surface area contributed by atoms with Crippen LogP contribution >= 0.6 is 11.5 Å². The molecule has 6 rings (SSSR count). The van der Waals surface area contributed by atoms with Gasteiger partial charge in [-0.05, 0) is 46.9 Å². The summed E-state index contributed by atoms with van der Waals surface area (Å²) in [7, 11) is 0. The van der Waals surface area contributed by atoms with E-state index in [2.05, 4.69) is 157 Å². The van der Waals surface area contributed by atoms with Crippen LogP contribution in [0.3, 0.4) is 0 Å². The molecule has 0 saturated carbocycles. The Morgan fingerprint density at radius 1 is 0.459 bits per heavy atom. The van der Waals surface area contributed by atoms with Crippen LogP contribution in [0.15, 0.2) is 146 Å². The summed E-state index contributed by atoms with van der Waals surface area (Å²) in [6.07, 6.45) is 4.26. The maximum atomic E-state index is 8.15. The van der Waals surface area contributed by atoms with Crippen LogP contribution in [-0.4, -0.2) is 5.70 Å². The minimum Gasteiger partial charge on any atom is -0.405 e. The monoisotopic (exact) mass is 495 g/mol. The third kappa shape index (κ3) is 4.04. The Labute approximate surface area is 223 Å². The molecule has 1 aliphatic rings. The fourth-order valence-electron chi connectivity index (χ4n) is 5.62. The summed E-state index contributed by atoms with van der Waals surface area (Å²) in [4.78, 5) is 0. The molecule has 2 heterocycles. The third-order valence-corrected chi connectivity index (χ3v) is 7.94. The van der Waals surface area contributed by atoms with Gasteiger partial charge in [-0.2, -0.15) is 0 Å². The van der Waals surface area contributed by atoms with E-state index in [1.807, 2.05) is 0 Å². The number of aryl methyl sites for hydroxylation is 1. The molecule has 0 radical (unpaired) electrons. The Hall–Kier alpha value is -4.14. The van der Waals surface area contributed by atoms with Gasteiger partial charge in [-0.1, -0.05) is 143 Å². The van der Waals surface area contributed by atoms with Crippen molar-refractivity contribution >= 4 is 39.2 Å². The topological polar surface area (TPSA) is 3.88 Å². The Bertz CT molecular complexity index is 1490. The first-order valence-corrected chi connectivity index (χ1v) is 13.1. The Kier molecular flexibility index (Phi) is 6.12. The summed E-state index contributed by atoms with van der Waals surface area (Å²) < 4.78 is 2.22. The predicted octanol–water partition coefficient (Wildman–Crippen LogP) is 8.13. The smallest absolute Gasteiger partial charge is 0.405 e. The van der Waals surface area contributed by atoms with E-state index in [1.165, 1.54) is 16.7 Å². The van der Waals surface area contributed by atoms with Crippen molar-refractivity contribution in [1.29, 1.82) is 0 Å². The lowest BCUT2D eigenvalue weighted by Gasteiger charge is -2.32. The molecule has 0 atom stereocenters. The van der Waals surface area contributed by atoms with Crippen LogP contribution in [-0.2, 0) is 0 Å². The zero-order valence-electron chi connectivity index (χ0n) is 20.8. The molecule has 0 bridgehead atoms. The van der Waals surface area contributed by atoms with Gasteiger partial charge in [0.05, 0.1) is 0 Å². The standard InChI is InChI=1S/C34H27BClN/c1-26-22-24-37(25-23-26)35(36)33(29-18-10-4-11-19-29)31(27-14-6-2-7-15-27)32(28-16-8-3-9-17-28)34(35)30-20-12-5-13-21-30/h2-25H,1H3. The molecule has 0 aliphatic carbocycles. The quantitative estimate of drug-likeness (QED) is 0.217. The summed E-state index contributed by atoms with van der Waals surface area (Å²) in [6.45, 7) is 2.11. The SMILES string of the molecule is Cc1cc[n+]([B-]2(Cl)C(c3ccccc3)=C(c3ccccc3)C(c3ccccc3)=C2c2ccccc2)cc1. The number of benzene rings is 4. The van der Waals surface area contributed by atoms with Crippen LogP contribution in [0.4, 0.5) is 0 Å². The summed E-state index contributed by atoms with van der Waals surface area (Å²) in [6, 6.07) is 46.9. The van der Waals surface area contributed by atoms with Crippen molar-refractivity contribution in [2.24, 2.45) is 0 Å². The average molecular weight is 496 g/mol. The maximum absolute atomic E-state index is 8.15. The number of aromatic nitrogens is 1. The van der Waals surface area contributed by atoms with E-state index in [0.29, 0.717) is 0 Å². The predicted molar refractivity (Wildman–Crippen MR) is 158 cm³/mol. The zero-order valence-corrected chi connectivity index (χ0v) is 21.5. The lowest BCUT2D eigenvalue weighted by atomic mass is 9.46. The number of nitrogens with zero attached hydrogens (tertiary/aromatic N) is 1. The van der Waals surface area contributed by atoms with E-state index in [-0.39, 0.29) is 0 Å². The second-order valence-corrected chi connectivity index (χ2v) is 10.2. The van der Waals surface area contributed by atoms with E-state index in [1.54, 1.807) is 0 Å². The second kappa shape index (κ2) is 9.73. The Balaban J connectivity index is 1.82. The molecule has 4 aromatic carbocycles. The molecular formula is C34H27BClN. The first-order valence-electron chi connectivity index (χ1n) is 12.7. The molecule has 0 amide bonds. The van der Waals surface area contributed by atoms with E-state index in [9.17, 15) is 0 Å². The van der Waals surface area contributed by atoms with Gasteiger partial charge in [0.1, 0.15) is 12.4 Å². The van der Waals surface area contributed by atoms with Crippen molar-refractivity contribution in [3.05, 3.63) is 174 Å². The molecule has 0 spiro atoms. The molecule has 1 aliphatic heterocycles. The summed E-state index contributed by atoms with van der Waals surface area (Å²) >= 11 is 8.15. The molecular weight excluding hydrogens is 469 g/mol. The van der Waals surface area contributed by atoms with Crippen molar-refractivity contribution in [2.75, 3.05) is 0 Å². The van der Waals surface area contributed by atoms with Crippen LogP contribution < -0.4 is 4.48 Å². The van der Waals surface area contributed by atoms with E-state index < -0.39 is 5.70 Å². The molecule has 37 heavy (non-hydrogen) atoms. The van der Waals surface area contributed by atoms with Gasteiger partial charge in [0.2, 0.25) is 0 Å². The van der Waals surface area contributed by atoms with Crippen LogP contribution in [0, 0.1) is 6.92 Å². The molecule has 5 aromatic rings. The van der Waals surface area contributed by atoms with Crippen molar-refractivity contribution < 1.29 is 4.48 Å². The minimum absolute atomic E-state index is 1.13. The van der Waals surface area contributed by atoms with Crippen LogP contribution in [0.25, 0.3) is 22.1 Å². The zero-order chi connectivity index (χ0) is 25.2. The number of hydrogen-bond acceptors (Lipinski definition) is 0. The van der Waals surface area contributed by atoms with Gasteiger partial charge in [-0.25, -0.2) is 0 Å². The highest BCUT2D eigenvalue weighted by atomic mass is 35.5. The minimum atomic E-state index is -1.92. The van der Waals surface area contributed by atoms with E-state index >= 15 is 0 Å². The lowest BCUT2D eigenvalue weighted by Crippen LogP contribution is -2.61. The van der Waals surface area contributed by atoms with Gasteiger partial charge in [-0.3, -0.25) is 11.5 Å². The second-order valence-electron chi connectivity index (χ2n) is 9.58. The molecule has 1 aromatic heterocycles. The fourth-order valence-corrected chi connectivity index (χ4v) is 6.22. The number of hydrogen-bond donors (Lipinski definition) is 0. The Morgan fingerprint density at radius 3 is 1.14 bits per heavy atom. The molecule has 3 heteroatoms. The van der Waals surface area contributed by atoms with E-state index in [0.717, 1.165) is 33.2 Å². The van der Waals surface area contributed by atoms with Gasteiger partial charge in [-0.15, -0.1) is 0 Å². The number of allylic oxidation sites excluding steroid dienone is 2. The van der Waals surface area contributed by atoms with Gasteiger partial charge in [0, 0.05) is 0 Å². The van der Waals surface area contributed by atoms with Crippen molar-refractivity contribution in [1.82, 2.24) is 0 Å². The first kappa shape index (κ1) is 23.3. The summed E-state index contributed by atoms with van der Waals surface area (Å²) in [5.41, 5.74) is 8.49. The van der Waals surface area contributed by atoms with Crippen molar-refractivity contribution in [3.63, 3.8) is 0 Å². The number of halogens is 1. The molecule has 0 fully saturated rings. The highest BCUT2D eigenvalue weighted by Crippen LogP contribution is 2.55. The maximum Gasteiger partial charge on any atom is 0.418 e. The lowest BCUT2D eigenvalue weighted by molar-refractivity contribution is -0.536. The van der Waals surface area contributed by atoms with Gasteiger partial charge < -0.3 is 4.48 Å². The largest absolute Gasteiger partial charge is 0.418 e.